The van der Waals surface area contributed by atoms with Gasteiger partial charge >= 0.3 is 0 Å². The molecule has 3 aromatic rings. The molecule has 0 spiro atoms. The van der Waals surface area contributed by atoms with Crippen molar-refractivity contribution in [3.8, 4) is 11.3 Å². The number of nitrogen functional groups attached to an aromatic ring is 1. The highest BCUT2D eigenvalue weighted by atomic mass is 16.5. The first kappa shape index (κ1) is 21.9. The molecular weight excluding hydrogens is 404 g/mol. The molecule has 1 amide bonds. The van der Waals surface area contributed by atoms with Crippen molar-refractivity contribution in [2.75, 3.05) is 11.1 Å². The van der Waals surface area contributed by atoms with Crippen molar-refractivity contribution in [2.45, 2.75) is 44.9 Å². The summed E-state index contributed by atoms with van der Waals surface area (Å²) in [7, 11) is 0. The van der Waals surface area contributed by atoms with Crippen LogP contribution in [0.3, 0.4) is 0 Å². The van der Waals surface area contributed by atoms with E-state index in [9.17, 15) is 4.79 Å². The third kappa shape index (κ3) is 4.46. The van der Waals surface area contributed by atoms with Crippen LogP contribution in [0.4, 0.5) is 11.5 Å². The van der Waals surface area contributed by atoms with Crippen LogP contribution in [0.2, 0.25) is 0 Å². The molecule has 1 saturated heterocycles. The van der Waals surface area contributed by atoms with E-state index in [0.717, 1.165) is 17.5 Å². The van der Waals surface area contributed by atoms with Gasteiger partial charge in [0.15, 0.2) is 11.5 Å². The topological polar surface area (TPSA) is 129 Å². The number of carbonyl (C=O) groups is 1. The Morgan fingerprint density at radius 2 is 2.00 bits per heavy atom. The highest BCUT2D eigenvalue weighted by Gasteiger charge is 2.35. The molecule has 1 aliphatic rings. The second-order valence-corrected chi connectivity index (χ2v) is 8.07. The van der Waals surface area contributed by atoms with Gasteiger partial charge in [0.1, 0.15) is 0 Å². The monoisotopic (exact) mass is 432 g/mol. The molecule has 0 aliphatic carbocycles. The fourth-order valence-electron chi connectivity index (χ4n) is 4.31. The highest BCUT2D eigenvalue weighted by molar-refractivity contribution is 6.06. The average molecular weight is 433 g/mol. The van der Waals surface area contributed by atoms with Crippen LogP contribution in [-0.2, 0) is 4.74 Å². The van der Waals surface area contributed by atoms with Crippen LogP contribution in [0.15, 0.2) is 55.0 Å². The number of ether oxygens (including phenoxy) is 1. The van der Waals surface area contributed by atoms with Gasteiger partial charge < -0.3 is 21.5 Å². The molecule has 3 heterocycles. The molecule has 0 saturated carbocycles. The lowest BCUT2D eigenvalue weighted by Gasteiger charge is -2.39. The number of hydrogen-bond acceptors (Lipinski definition) is 7. The molecule has 5 N–H and O–H groups in total. The zero-order chi connectivity index (χ0) is 22.7. The minimum atomic E-state index is -0.457. The summed E-state index contributed by atoms with van der Waals surface area (Å²) in [6.07, 6.45) is 6.25. The number of carbonyl (C=O) groups excluding carboxylic acids is 1. The number of amides is 1. The molecule has 166 valence electrons. The Labute approximate surface area is 187 Å². The van der Waals surface area contributed by atoms with Crippen LogP contribution in [0.25, 0.3) is 11.3 Å². The molecule has 1 aromatic carbocycles. The summed E-state index contributed by atoms with van der Waals surface area (Å²) in [6, 6.07) is 11.4. The third-order valence-electron chi connectivity index (χ3n) is 6.02. The van der Waals surface area contributed by atoms with Gasteiger partial charge in [-0.25, -0.2) is 9.97 Å². The number of pyridine rings is 1. The second kappa shape index (κ2) is 9.42. The molecule has 8 heteroatoms. The number of rotatable bonds is 5. The highest BCUT2D eigenvalue weighted by Crippen LogP contribution is 2.37. The van der Waals surface area contributed by atoms with Crippen molar-refractivity contribution in [3.63, 3.8) is 0 Å². The summed E-state index contributed by atoms with van der Waals surface area (Å²) >= 11 is 0. The van der Waals surface area contributed by atoms with Crippen molar-refractivity contribution in [1.82, 2.24) is 15.0 Å². The maximum atomic E-state index is 13.1. The standard InChI is InChI=1S/C24H28N6O2/c1-3-16-14(2)32-21(11-18(16)25)17-9-10-27-12-20(17)30-24(31)22-23(26)28-13-19(29-22)15-7-5-4-6-8-15/h4-10,12-14,16,18,21H,3,11,25H2,1-2H3,(H2,26,28)(H,30,31)/t14-,16+,18-,21-/m1/s1. The van der Waals surface area contributed by atoms with Crippen molar-refractivity contribution < 1.29 is 9.53 Å². The van der Waals surface area contributed by atoms with Crippen molar-refractivity contribution in [1.29, 1.82) is 0 Å². The van der Waals surface area contributed by atoms with E-state index in [1.54, 1.807) is 18.6 Å². The first-order chi connectivity index (χ1) is 15.5. The third-order valence-corrected chi connectivity index (χ3v) is 6.02. The minimum absolute atomic E-state index is 0.0227. The first-order valence-corrected chi connectivity index (χ1v) is 10.8. The van der Waals surface area contributed by atoms with E-state index in [-0.39, 0.29) is 29.8 Å². The Bertz CT molecular complexity index is 1080. The van der Waals surface area contributed by atoms with Gasteiger partial charge in [0.05, 0.1) is 36.0 Å². The maximum absolute atomic E-state index is 13.1. The van der Waals surface area contributed by atoms with Crippen LogP contribution in [0, 0.1) is 5.92 Å². The molecular formula is C24H28N6O2. The summed E-state index contributed by atoms with van der Waals surface area (Å²) in [5.74, 6) is -0.0912. The Kier molecular flexibility index (Phi) is 6.43. The van der Waals surface area contributed by atoms with Crippen molar-refractivity contribution >= 4 is 17.4 Å². The normalized spacial score (nSPS) is 23.0. The maximum Gasteiger partial charge on any atom is 0.278 e. The SMILES string of the molecule is CC[C@@H]1[C@H](N)C[C@H](c2ccncc2NC(=O)c2nc(-c3ccccc3)cnc2N)O[C@@H]1C. The molecule has 1 fully saturated rings. The van der Waals surface area contributed by atoms with E-state index in [0.29, 0.717) is 23.7 Å². The van der Waals surface area contributed by atoms with Gasteiger partial charge in [-0.1, -0.05) is 37.3 Å². The van der Waals surface area contributed by atoms with Crippen LogP contribution < -0.4 is 16.8 Å². The van der Waals surface area contributed by atoms with E-state index in [1.807, 2.05) is 43.3 Å². The Morgan fingerprint density at radius 1 is 1.22 bits per heavy atom. The second-order valence-electron chi connectivity index (χ2n) is 8.07. The number of nitrogens with zero attached hydrogens (tertiary/aromatic N) is 3. The quantitative estimate of drug-likeness (QED) is 0.562. The fourth-order valence-corrected chi connectivity index (χ4v) is 4.31. The zero-order valence-electron chi connectivity index (χ0n) is 18.2. The number of benzene rings is 1. The molecule has 8 nitrogen and oxygen atoms in total. The summed E-state index contributed by atoms with van der Waals surface area (Å²) in [6.45, 7) is 4.17. The molecule has 1 aliphatic heterocycles. The summed E-state index contributed by atoms with van der Waals surface area (Å²) in [5, 5.41) is 2.89. The van der Waals surface area contributed by atoms with E-state index in [2.05, 4.69) is 27.2 Å². The molecule has 0 radical (unpaired) electrons. The van der Waals surface area contributed by atoms with Gasteiger partial charge in [-0.2, -0.15) is 0 Å². The van der Waals surface area contributed by atoms with Gasteiger partial charge in [0, 0.05) is 23.4 Å². The first-order valence-electron chi connectivity index (χ1n) is 10.8. The molecule has 4 rings (SSSR count). The Morgan fingerprint density at radius 3 is 2.72 bits per heavy atom. The lowest BCUT2D eigenvalue weighted by atomic mass is 9.84. The van der Waals surface area contributed by atoms with Gasteiger partial charge in [-0.3, -0.25) is 9.78 Å². The minimum Gasteiger partial charge on any atom is -0.382 e. The lowest BCUT2D eigenvalue weighted by Crippen LogP contribution is -2.44. The fraction of sp³-hybridized carbons (Fsp3) is 0.333. The number of nitrogens with two attached hydrogens (primary N) is 2. The predicted octanol–water partition coefficient (Wildman–Crippen LogP) is 3.58. The van der Waals surface area contributed by atoms with E-state index in [4.69, 9.17) is 16.2 Å². The van der Waals surface area contributed by atoms with Crippen LogP contribution >= 0.6 is 0 Å². The predicted molar refractivity (Wildman–Crippen MR) is 124 cm³/mol. The van der Waals surface area contributed by atoms with Crippen molar-refractivity contribution in [2.24, 2.45) is 11.7 Å². The van der Waals surface area contributed by atoms with Crippen LogP contribution in [-0.4, -0.2) is 33.0 Å². The van der Waals surface area contributed by atoms with Crippen LogP contribution in [0.5, 0.6) is 0 Å². The number of nitrogens with one attached hydrogen (secondary N) is 1. The van der Waals surface area contributed by atoms with E-state index < -0.39 is 5.91 Å². The van der Waals surface area contributed by atoms with Gasteiger partial charge in [0.25, 0.3) is 5.91 Å². The zero-order valence-corrected chi connectivity index (χ0v) is 18.2. The molecule has 4 atom stereocenters. The largest absolute Gasteiger partial charge is 0.382 e. The van der Waals surface area contributed by atoms with Crippen LogP contribution in [0.1, 0.15) is 48.8 Å². The molecule has 0 bridgehead atoms. The van der Waals surface area contributed by atoms with E-state index in [1.165, 1.54) is 0 Å². The average Bonchev–Trinajstić information content (AvgIpc) is 2.80. The Hall–Kier alpha value is -3.36. The van der Waals surface area contributed by atoms with Gasteiger partial charge in [-0.05, 0) is 31.7 Å². The van der Waals surface area contributed by atoms with Gasteiger partial charge in [-0.15, -0.1) is 0 Å². The molecule has 32 heavy (non-hydrogen) atoms. The molecule has 0 unspecified atom stereocenters. The Balaban J connectivity index is 1.59. The van der Waals surface area contributed by atoms with Gasteiger partial charge in [0.2, 0.25) is 0 Å². The summed E-state index contributed by atoms with van der Waals surface area (Å²) < 4.78 is 6.26. The number of aromatic nitrogens is 3. The molecule has 2 aromatic heterocycles. The summed E-state index contributed by atoms with van der Waals surface area (Å²) in [4.78, 5) is 25.9. The van der Waals surface area contributed by atoms with Crippen molar-refractivity contribution in [3.05, 3.63) is 66.2 Å². The smallest absolute Gasteiger partial charge is 0.278 e. The van der Waals surface area contributed by atoms with E-state index >= 15 is 0 Å². The summed E-state index contributed by atoms with van der Waals surface area (Å²) in [5.41, 5.74) is 15.2. The number of anilines is 2. The number of hydrogen-bond donors (Lipinski definition) is 3. The lowest BCUT2D eigenvalue weighted by molar-refractivity contribution is -0.0848.